The number of urea groups is 1. The normalized spacial score (nSPS) is 19.7. The number of aromatic amines is 1. The van der Waals surface area contributed by atoms with E-state index >= 15 is 0 Å². The summed E-state index contributed by atoms with van der Waals surface area (Å²) in [5, 5.41) is 6.58. The van der Waals surface area contributed by atoms with Crippen molar-refractivity contribution >= 4 is 28.7 Å². The van der Waals surface area contributed by atoms with Crippen LogP contribution in [0.3, 0.4) is 0 Å². The number of nitrogens with one attached hydrogen (secondary N) is 3. The van der Waals surface area contributed by atoms with Gasteiger partial charge in [0.25, 0.3) is 5.91 Å². The highest BCUT2D eigenvalue weighted by Gasteiger charge is 2.38. The van der Waals surface area contributed by atoms with Crippen molar-refractivity contribution in [1.29, 1.82) is 0 Å². The number of imide groups is 1. The van der Waals surface area contributed by atoms with E-state index in [1.54, 1.807) is 0 Å². The molecular formula is C22H29N5O4. The number of carbonyl (C=O) groups excluding carboxylic acids is 3. The van der Waals surface area contributed by atoms with E-state index in [2.05, 4.69) is 20.5 Å². The van der Waals surface area contributed by atoms with Crippen molar-refractivity contribution in [2.24, 2.45) is 0 Å². The molecule has 2 aliphatic heterocycles. The van der Waals surface area contributed by atoms with Gasteiger partial charge in [0.2, 0.25) is 5.91 Å². The first kappa shape index (κ1) is 21.3. The molecule has 2 aliphatic rings. The van der Waals surface area contributed by atoms with Gasteiger partial charge in [-0.05, 0) is 31.0 Å². The molecule has 0 aliphatic carbocycles. The summed E-state index contributed by atoms with van der Waals surface area (Å²) in [5.74, 6) is -0.563. The molecule has 0 saturated carbocycles. The van der Waals surface area contributed by atoms with Crippen molar-refractivity contribution in [3.63, 3.8) is 0 Å². The summed E-state index contributed by atoms with van der Waals surface area (Å²) in [6, 6.07) is 6.69. The monoisotopic (exact) mass is 427 g/mol. The van der Waals surface area contributed by atoms with E-state index in [0.717, 1.165) is 55.7 Å². The van der Waals surface area contributed by atoms with E-state index in [1.165, 1.54) is 4.90 Å². The minimum absolute atomic E-state index is 0.0360. The fourth-order valence-electron chi connectivity index (χ4n) is 4.11. The molecule has 2 aromatic rings. The Balaban J connectivity index is 1.21. The van der Waals surface area contributed by atoms with E-state index in [0.29, 0.717) is 13.0 Å². The van der Waals surface area contributed by atoms with Gasteiger partial charge in [0.15, 0.2) is 0 Å². The molecule has 2 saturated heterocycles. The molecule has 9 heteroatoms. The van der Waals surface area contributed by atoms with E-state index in [1.807, 2.05) is 30.5 Å². The largest absolute Gasteiger partial charge is 0.379 e. The van der Waals surface area contributed by atoms with Crippen LogP contribution in [0.25, 0.3) is 10.9 Å². The Morgan fingerprint density at radius 2 is 1.97 bits per heavy atom. The van der Waals surface area contributed by atoms with Crippen LogP contribution in [0, 0.1) is 0 Å². The van der Waals surface area contributed by atoms with E-state index in [4.69, 9.17) is 4.74 Å². The van der Waals surface area contributed by atoms with Crippen molar-refractivity contribution in [3.8, 4) is 0 Å². The zero-order valence-electron chi connectivity index (χ0n) is 17.6. The van der Waals surface area contributed by atoms with Gasteiger partial charge in [-0.1, -0.05) is 18.2 Å². The summed E-state index contributed by atoms with van der Waals surface area (Å²) in [6.07, 6.45) is 3.27. The number of para-hydroxylation sites is 1. The quantitative estimate of drug-likeness (QED) is 0.407. The number of benzene rings is 1. The highest BCUT2D eigenvalue weighted by Crippen LogP contribution is 2.19. The molecule has 4 amide bonds. The third-order valence-corrected chi connectivity index (χ3v) is 5.85. The molecule has 0 bridgehead atoms. The van der Waals surface area contributed by atoms with Gasteiger partial charge in [-0.25, -0.2) is 4.79 Å². The number of hydrogen-bond acceptors (Lipinski definition) is 5. The SMILES string of the molecule is O=C(CC1NC(=O)N(CCc2c[nH]c3ccccc23)C1=O)NCCCN1CCOCC1. The van der Waals surface area contributed by atoms with Crippen molar-refractivity contribution in [1.82, 2.24) is 25.4 Å². The van der Waals surface area contributed by atoms with E-state index in [-0.39, 0.29) is 24.8 Å². The number of carbonyl (C=O) groups is 3. The van der Waals surface area contributed by atoms with Crippen LogP contribution in [-0.2, 0) is 20.7 Å². The predicted molar refractivity (Wildman–Crippen MR) is 116 cm³/mol. The Labute approximate surface area is 181 Å². The van der Waals surface area contributed by atoms with Gasteiger partial charge in [0.1, 0.15) is 6.04 Å². The molecule has 4 rings (SSSR count). The lowest BCUT2D eigenvalue weighted by molar-refractivity contribution is -0.130. The second-order valence-electron chi connectivity index (χ2n) is 7.96. The number of aromatic nitrogens is 1. The van der Waals surface area contributed by atoms with Crippen LogP contribution in [0.2, 0.25) is 0 Å². The van der Waals surface area contributed by atoms with E-state index in [9.17, 15) is 14.4 Å². The Bertz CT molecular complexity index is 937. The van der Waals surface area contributed by atoms with Crippen LogP contribution < -0.4 is 10.6 Å². The molecule has 9 nitrogen and oxygen atoms in total. The lowest BCUT2D eigenvalue weighted by atomic mass is 10.1. The van der Waals surface area contributed by atoms with E-state index < -0.39 is 12.1 Å². The van der Waals surface area contributed by atoms with Crippen LogP contribution in [0.5, 0.6) is 0 Å². The van der Waals surface area contributed by atoms with Crippen LogP contribution in [0.15, 0.2) is 30.5 Å². The fraction of sp³-hybridized carbons (Fsp3) is 0.500. The highest BCUT2D eigenvalue weighted by molar-refractivity contribution is 6.05. The minimum atomic E-state index is -0.797. The summed E-state index contributed by atoms with van der Waals surface area (Å²) in [4.78, 5) is 43.9. The van der Waals surface area contributed by atoms with Gasteiger partial charge in [-0.2, -0.15) is 0 Å². The number of nitrogens with zero attached hydrogens (tertiary/aromatic N) is 2. The zero-order chi connectivity index (χ0) is 21.6. The molecule has 1 aromatic heterocycles. The topological polar surface area (TPSA) is 107 Å². The molecule has 0 spiro atoms. The standard InChI is InChI=1S/C22H29N5O4/c28-20(23-7-3-8-26-10-12-31-13-11-26)14-19-21(29)27(22(30)25-19)9-6-16-15-24-18-5-2-1-4-17(16)18/h1-2,4-5,15,19,24H,3,6-14H2,(H,23,28)(H,25,30). The molecule has 31 heavy (non-hydrogen) atoms. The number of hydrogen-bond donors (Lipinski definition) is 3. The lowest BCUT2D eigenvalue weighted by Crippen LogP contribution is -2.39. The Morgan fingerprint density at radius 3 is 2.81 bits per heavy atom. The molecule has 2 fully saturated rings. The van der Waals surface area contributed by atoms with Gasteiger partial charge in [-0.15, -0.1) is 0 Å². The number of rotatable bonds is 9. The molecule has 3 heterocycles. The predicted octanol–water partition coefficient (Wildman–Crippen LogP) is 0.859. The maximum absolute atomic E-state index is 12.6. The van der Waals surface area contributed by atoms with Gasteiger partial charge in [0, 0.05) is 43.3 Å². The Morgan fingerprint density at radius 1 is 1.16 bits per heavy atom. The molecule has 3 N–H and O–H groups in total. The molecular weight excluding hydrogens is 398 g/mol. The van der Waals surface area contributed by atoms with Crippen molar-refractivity contribution < 1.29 is 19.1 Å². The van der Waals surface area contributed by atoms with Gasteiger partial charge >= 0.3 is 6.03 Å². The summed E-state index contributed by atoms with van der Waals surface area (Å²) in [5.41, 5.74) is 2.08. The molecule has 0 radical (unpaired) electrons. The average Bonchev–Trinajstić information content (AvgIpc) is 3.31. The van der Waals surface area contributed by atoms with Gasteiger partial charge in [0.05, 0.1) is 19.6 Å². The number of ether oxygens (including phenoxy) is 1. The molecule has 166 valence electrons. The number of morpholine rings is 1. The van der Waals surface area contributed by atoms with Gasteiger partial charge in [-0.3, -0.25) is 19.4 Å². The minimum Gasteiger partial charge on any atom is -0.379 e. The first-order valence-electron chi connectivity index (χ1n) is 10.9. The Hall–Kier alpha value is -2.91. The van der Waals surface area contributed by atoms with Crippen molar-refractivity contribution in [3.05, 3.63) is 36.0 Å². The summed E-state index contributed by atoms with van der Waals surface area (Å²) < 4.78 is 5.32. The summed E-state index contributed by atoms with van der Waals surface area (Å²) in [7, 11) is 0. The van der Waals surface area contributed by atoms with Crippen LogP contribution in [0.4, 0.5) is 4.79 Å². The van der Waals surface area contributed by atoms with Crippen LogP contribution in [0.1, 0.15) is 18.4 Å². The third-order valence-electron chi connectivity index (χ3n) is 5.85. The second-order valence-corrected chi connectivity index (χ2v) is 7.96. The Kier molecular flexibility index (Phi) is 6.83. The zero-order valence-corrected chi connectivity index (χ0v) is 17.6. The summed E-state index contributed by atoms with van der Waals surface area (Å²) >= 11 is 0. The third kappa shape index (κ3) is 5.23. The first-order valence-corrected chi connectivity index (χ1v) is 10.9. The summed E-state index contributed by atoms with van der Waals surface area (Å²) in [6.45, 7) is 5.10. The van der Waals surface area contributed by atoms with Gasteiger partial charge < -0.3 is 20.4 Å². The highest BCUT2D eigenvalue weighted by atomic mass is 16.5. The number of fused-ring (bicyclic) bond motifs is 1. The maximum Gasteiger partial charge on any atom is 0.324 e. The molecule has 1 atom stereocenters. The van der Waals surface area contributed by atoms with Crippen molar-refractivity contribution in [2.45, 2.75) is 25.3 Å². The first-order chi connectivity index (χ1) is 15.1. The second kappa shape index (κ2) is 9.93. The maximum atomic E-state index is 12.6. The number of H-pyrrole nitrogens is 1. The smallest absolute Gasteiger partial charge is 0.324 e. The molecule has 1 unspecified atom stereocenters. The van der Waals surface area contributed by atoms with Crippen molar-refractivity contribution in [2.75, 3.05) is 45.9 Å². The fourth-order valence-corrected chi connectivity index (χ4v) is 4.11. The van der Waals surface area contributed by atoms with Crippen LogP contribution >= 0.6 is 0 Å². The molecule has 1 aromatic carbocycles. The average molecular weight is 428 g/mol. The van der Waals surface area contributed by atoms with Crippen LogP contribution in [-0.4, -0.2) is 84.6 Å². The number of amides is 4. The lowest BCUT2D eigenvalue weighted by Gasteiger charge is -2.26.